The summed E-state index contributed by atoms with van der Waals surface area (Å²) in [6, 6.07) is 4.75. The van der Waals surface area contributed by atoms with Gasteiger partial charge < -0.3 is 4.74 Å². The molecular weight excluding hydrogens is 178 g/mol. The van der Waals surface area contributed by atoms with Gasteiger partial charge in [-0.2, -0.15) is 0 Å². The van der Waals surface area contributed by atoms with E-state index in [4.69, 9.17) is 4.74 Å². The Labute approximate surface area is 85.1 Å². The first-order chi connectivity index (χ1) is 6.33. The smallest absolute Gasteiger partial charge is 0.250 e. The van der Waals surface area contributed by atoms with Crippen LogP contribution in [0.3, 0.4) is 0 Å². The zero-order valence-electron chi connectivity index (χ0n) is 9.55. The zero-order chi connectivity index (χ0) is 11.2. The third kappa shape index (κ3) is 8.84. The van der Waals surface area contributed by atoms with Gasteiger partial charge in [-0.15, -0.1) is 0 Å². The van der Waals surface area contributed by atoms with Crippen molar-refractivity contribution in [3.05, 3.63) is 28.6 Å². The van der Waals surface area contributed by atoms with Gasteiger partial charge in [-0.05, 0) is 11.5 Å². The molecule has 0 aromatic carbocycles. The van der Waals surface area contributed by atoms with E-state index in [1.165, 1.54) is 13.2 Å². The lowest BCUT2D eigenvalue weighted by atomic mass is 10.0. The van der Waals surface area contributed by atoms with Crippen LogP contribution in [0.1, 0.15) is 27.7 Å². The van der Waals surface area contributed by atoms with Gasteiger partial charge >= 0.3 is 0 Å². The molecule has 0 atom stereocenters. The second kappa shape index (κ2) is 5.47. The van der Waals surface area contributed by atoms with Crippen molar-refractivity contribution in [1.29, 1.82) is 0 Å². The van der Waals surface area contributed by atoms with Crippen molar-refractivity contribution in [1.82, 2.24) is 4.98 Å². The Bertz CT molecular complexity index is 304. The predicted molar refractivity (Wildman–Crippen MR) is 58.7 cm³/mol. The minimum absolute atomic E-state index is 0.144. The fraction of sp³-hybridized carbons (Fsp3) is 0.545. The van der Waals surface area contributed by atoms with Gasteiger partial charge in [-0.1, -0.05) is 33.8 Å². The van der Waals surface area contributed by atoms with Crippen LogP contribution in [0.2, 0.25) is 0 Å². The van der Waals surface area contributed by atoms with E-state index < -0.39 is 0 Å². The number of H-pyrrole nitrogens is 1. The number of pyridine rings is 1. The molecule has 0 spiro atoms. The number of aromatic amines is 1. The maximum atomic E-state index is 10.5. The number of ether oxygens (including phenoxy) is 1. The molecule has 0 saturated heterocycles. The summed E-state index contributed by atoms with van der Waals surface area (Å²) in [4.78, 5) is 13.0. The molecule has 0 saturated carbocycles. The molecule has 3 heteroatoms. The molecule has 0 aliphatic carbocycles. The van der Waals surface area contributed by atoms with Crippen molar-refractivity contribution in [2.45, 2.75) is 27.7 Å². The lowest BCUT2D eigenvalue weighted by molar-refractivity contribution is 0.396. The van der Waals surface area contributed by atoms with Gasteiger partial charge in [0.25, 0.3) is 5.56 Å². The monoisotopic (exact) mass is 197 g/mol. The highest BCUT2D eigenvalue weighted by Gasteiger charge is 1.95. The second-order valence-corrected chi connectivity index (χ2v) is 4.58. The first kappa shape index (κ1) is 12.8. The van der Waals surface area contributed by atoms with E-state index in [1.54, 1.807) is 12.1 Å². The predicted octanol–water partition coefficient (Wildman–Crippen LogP) is 2.44. The van der Waals surface area contributed by atoms with E-state index in [2.05, 4.69) is 32.7 Å². The van der Waals surface area contributed by atoms with Gasteiger partial charge in [0.2, 0.25) is 0 Å². The molecule has 0 fully saturated rings. The van der Waals surface area contributed by atoms with Crippen molar-refractivity contribution in [2.24, 2.45) is 5.41 Å². The SMILES string of the molecule is CC(C)(C)C.COc1cccc(=O)[nH]1. The number of hydrogen-bond acceptors (Lipinski definition) is 2. The first-order valence-electron chi connectivity index (χ1n) is 4.56. The molecule has 1 aromatic heterocycles. The maximum absolute atomic E-state index is 10.5. The van der Waals surface area contributed by atoms with Crippen LogP contribution in [0.4, 0.5) is 0 Å². The minimum Gasteiger partial charge on any atom is -0.482 e. The number of methoxy groups -OCH3 is 1. The summed E-state index contributed by atoms with van der Waals surface area (Å²) in [6.07, 6.45) is 0. The molecule has 0 aliphatic rings. The van der Waals surface area contributed by atoms with Crippen LogP contribution in [0.25, 0.3) is 0 Å². The van der Waals surface area contributed by atoms with E-state index >= 15 is 0 Å². The Morgan fingerprint density at radius 1 is 1.21 bits per heavy atom. The molecule has 1 N–H and O–H groups in total. The lowest BCUT2D eigenvalue weighted by Crippen LogP contribution is -2.03. The number of rotatable bonds is 1. The van der Waals surface area contributed by atoms with E-state index in [-0.39, 0.29) is 5.56 Å². The van der Waals surface area contributed by atoms with E-state index in [0.717, 1.165) is 0 Å². The summed E-state index contributed by atoms with van der Waals surface area (Å²) < 4.78 is 4.74. The number of aromatic nitrogens is 1. The first-order valence-corrected chi connectivity index (χ1v) is 4.56. The average Bonchev–Trinajstić information content (AvgIpc) is 2.01. The molecule has 0 bridgehead atoms. The van der Waals surface area contributed by atoms with E-state index in [9.17, 15) is 4.79 Å². The molecule has 80 valence electrons. The van der Waals surface area contributed by atoms with Gasteiger partial charge in [0.1, 0.15) is 0 Å². The van der Waals surface area contributed by atoms with Crippen molar-refractivity contribution in [3.63, 3.8) is 0 Å². The molecule has 1 aromatic rings. The largest absolute Gasteiger partial charge is 0.482 e. The summed E-state index contributed by atoms with van der Waals surface area (Å²) in [6.45, 7) is 8.75. The van der Waals surface area contributed by atoms with E-state index in [0.29, 0.717) is 11.3 Å². The fourth-order valence-electron chi connectivity index (χ4n) is 0.547. The summed E-state index contributed by atoms with van der Waals surface area (Å²) in [5.74, 6) is 0.488. The summed E-state index contributed by atoms with van der Waals surface area (Å²) in [5, 5.41) is 0. The third-order valence-electron chi connectivity index (χ3n) is 0.962. The van der Waals surface area contributed by atoms with Gasteiger partial charge in [0.15, 0.2) is 5.88 Å². The molecule has 0 amide bonds. The Morgan fingerprint density at radius 2 is 1.71 bits per heavy atom. The standard InChI is InChI=1S/C6H7NO2.C5H12/c1-9-6-4-2-3-5(8)7-6;1-5(2,3)4/h2-4H,1H3,(H,7,8);1-4H3. The molecular formula is C11H19NO2. The van der Waals surface area contributed by atoms with Crippen LogP contribution < -0.4 is 10.3 Å². The Hall–Kier alpha value is -1.25. The fourth-order valence-corrected chi connectivity index (χ4v) is 0.547. The van der Waals surface area contributed by atoms with Gasteiger partial charge in [0, 0.05) is 6.07 Å². The van der Waals surface area contributed by atoms with Gasteiger partial charge in [-0.25, -0.2) is 0 Å². The quantitative estimate of drug-likeness (QED) is 0.751. The zero-order valence-corrected chi connectivity index (χ0v) is 9.55. The average molecular weight is 197 g/mol. The van der Waals surface area contributed by atoms with Crippen molar-refractivity contribution < 1.29 is 4.74 Å². The number of nitrogens with one attached hydrogen (secondary N) is 1. The van der Waals surface area contributed by atoms with Crippen molar-refractivity contribution in [3.8, 4) is 5.88 Å². The molecule has 1 heterocycles. The highest BCUT2D eigenvalue weighted by molar-refractivity contribution is 5.08. The summed E-state index contributed by atoms with van der Waals surface area (Å²) in [5.41, 5.74) is 0.356. The molecule has 0 radical (unpaired) electrons. The van der Waals surface area contributed by atoms with Crippen LogP contribution >= 0.6 is 0 Å². The topological polar surface area (TPSA) is 42.1 Å². The number of hydrogen-bond donors (Lipinski definition) is 1. The minimum atomic E-state index is -0.144. The van der Waals surface area contributed by atoms with Gasteiger partial charge in [0.05, 0.1) is 7.11 Å². The molecule has 3 nitrogen and oxygen atoms in total. The summed E-state index contributed by atoms with van der Waals surface area (Å²) in [7, 11) is 1.51. The van der Waals surface area contributed by atoms with Crippen LogP contribution in [0, 0.1) is 5.41 Å². The van der Waals surface area contributed by atoms with Crippen LogP contribution in [-0.2, 0) is 0 Å². The third-order valence-corrected chi connectivity index (χ3v) is 0.962. The summed E-state index contributed by atoms with van der Waals surface area (Å²) >= 11 is 0. The molecule has 14 heavy (non-hydrogen) atoms. The highest BCUT2D eigenvalue weighted by Crippen LogP contribution is 2.08. The normalized spacial score (nSPS) is 10.1. The van der Waals surface area contributed by atoms with Gasteiger partial charge in [-0.3, -0.25) is 9.78 Å². The lowest BCUT2D eigenvalue weighted by Gasteiger charge is -2.05. The van der Waals surface area contributed by atoms with Crippen LogP contribution in [0.15, 0.2) is 23.0 Å². The Balaban J connectivity index is 0.000000292. The van der Waals surface area contributed by atoms with E-state index in [1.807, 2.05) is 0 Å². The van der Waals surface area contributed by atoms with Crippen molar-refractivity contribution >= 4 is 0 Å². The highest BCUT2D eigenvalue weighted by atomic mass is 16.5. The maximum Gasteiger partial charge on any atom is 0.250 e. The molecule has 0 unspecified atom stereocenters. The van der Waals surface area contributed by atoms with Crippen LogP contribution in [-0.4, -0.2) is 12.1 Å². The Kier molecular flexibility index (Phi) is 4.99. The second-order valence-electron chi connectivity index (χ2n) is 4.58. The van der Waals surface area contributed by atoms with Crippen LogP contribution in [0.5, 0.6) is 5.88 Å². The molecule has 0 aliphatic heterocycles. The van der Waals surface area contributed by atoms with Crippen molar-refractivity contribution in [2.75, 3.05) is 7.11 Å². The Morgan fingerprint density at radius 3 is 2.00 bits per heavy atom. The molecule has 1 rings (SSSR count).